The third kappa shape index (κ3) is 3.11. The van der Waals surface area contributed by atoms with Gasteiger partial charge in [0, 0.05) is 35.7 Å². The number of H-pyrrole nitrogens is 1. The Morgan fingerprint density at radius 2 is 1.96 bits per heavy atom. The smallest absolute Gasteiger partial charge is 0.133 e. The van der Waals surface area contributed by atoms with Crippen LogP contribution in [0.5, 0.6) is 0 Å². The third-order valence-corrected chi connectivity index (χ3v) is 6.02. The number of rotatable bonds is 5. The fraction of sp³-hybridized carbons (Fsp3) is 0.304. The molecule has 28 heavy (non-hydrogen) atoms. The van der Waals surface area contributed by atoms with Gasteiger partial charge in [0.1, 0.15) is 5.58 Å². The molecule has 0 spiro atoms. The molecule has 0 saturated carbocycles. The number of benzene rings is 2. The summed E-state index contributed by atoms with van der Waals surface area (Å²) in [6.45, 7) is 1.14. The fourth-order valence-corrected chi connectivity index (χ4v) is 4.45. The molecular formula is C23H25N3O2. The van der Waals surface area contributed by atoms with Gasteiger partial charge < -0.3 is 19.8 Å². The van der Waals surface area contributed by atoms with E-state index in [1.165, 1.54) is 16.5 Å². The summed E-state index contributed by atoms with van der Waals surface area (Å²) in [6, 6.07) is 17.7. The maximum Gasteiger partial charge on any atom is 0.133 e. The summed E-state index contributed by atoms with van der Waals surface area (Å²) < 4.78 is 5.52. The second-order valence-electron chi connectivity index (χ2n) is 7.85. The molecule has 0 bridgehead atoms. The molecule has 3 N–H and O–H groups in total. The van der Waals surface area contributed by atoms with Crippen molar-refractivity contribution in [3.8, 4) is 0 Å². The van der Waals surface area contributed by atoms with Gasteiger partial charge in [-0.05, 0) is 66.4 Å². The summed E-state index contributed by atoms with van der Waals surface area (Å²) in [5.74, 6) is 0. The standard InChI is InChI=1S/C23H25N3O2/c1-26-13-19(12-20(26)14-27)25-23(17-2-4-21-15(10-17)6-8-24-21)18-3-5-22-16(11-18)7-9-28-22/h2-11,19-20,23-25,27H,12-14H2,1H3/t19-,20-,23?/m1/s1. The van der Waals surface area contributed by atoms with Crippen molar-refractivity contribution in [3.63, 3.8) is 0 Å². The quantitative estimate of drug-likeness (QED) is 0.498. The minimum Gasteiger partial charge on any atom is -0.464 e. The number of aliphatic hydroxyl groups excluding tert-OH is 1. The van der Waals surface area contributed by atoms with E-state index < -0.39 is 0 Å². The lowest BCUT2D eigenvalue weighted by Gasteiger charge is -2.24. The number of furan rings is 1. The van der Waals surface area contributed by atoms with Gasteiger partial charge in [0.15, 0.2) is 0 Å². The maximum atomic E-state index is 9.63. The molecule has 1 saturated heterocycles. The highest BCUT2D eigenvalue weighted by atomic mass is 16.3. The second-order valence-corrected chi connectivity index (χ2v) is 7.85. The van der Waals surface area contributed by atoms with E-state index in [4.69, 9.17) is 4.42 Å². The molecule has 0 radical (unpaired) electrons. The van der Waals surface area contributed by atoms with Gasteiger partial charge >= 0.3 is 0 Å². The highest BCUT2D eigenvalue weighted by Crippen LogP contribution is 2.30. The maximum absolute atomic E-state index is 9.63. The van der Waals surface area contributed by atoms with Crippen LogP contribution in [0.4, 0.5) is 0 Å². The molecule has 1 unspecified atom stereocenters. The average molecular weight is 375 g/mol. The number of hydrogen-bond donors (Lipinski definition) is 3. The summed E-state index contributed by atoms with van der Waals surface area (Å²) >= 11 is 0. The molecule has 1 aliphatic rings. The molecule has 5 rings (SSSR count). The Bertz CT molecular complexity index is 1030. The SMILES string of the molecule is CN1C[C@H](NC(c2ccc3[nH]ccc3c2)c2ccc3occc3c2)C[C@@H]1CO. The van der Waals surface area contributed by atoms with Crippen molar-refractivity contribution in [2.45, 2.75) is 24.5 Å². The molecule has 5 heteroatoms. The van der Waals surface area contributed by atoms with E-state index in [-0.39, 0.29) is 18.7 Å². The molecule has 144 valence electrons. The summed E-state index contributed by atoms with van der Waals surface area (Å²) in [5.41, 5.74) is 4.52. The third-order valence-electron chi connectivity index (χ3n) is 6.02. The van der Waals surface area contributed by atoms with Gasteiger partial charge in [-0.15, -0.1) is 0 Å². The van der Waals surface area contributed by atoms with Crippen LogP contribution in [0.2, 0.25) is 0 Å². The normalized spacial score (nSPS) is 21.6. The molecule has 0 aliphatic carbocycles. The molecule has 2 aromatic carbocycles. The van der Waals surface area contributed by atoms with Crippen LogP contribution >= 0.6 is 0 Å². The van der Waals surface area contributed by atoms with E-state index in [0.717, 1.165) is 29.5 Å². The summed E-state index contributed by atoms with van der Waals surface area (Å²) in [5, 5.41) is 15.8. The zero-order valence-electron chi connectivity index (χ0n) is 15.9. The number of likely N-dealkylation sites (tertiary alicyclic amines) is 1. The highest BCUT2D eigenvalue weighted by molar-refractivity contribution is 5.81. The lowest BCUT2D eigenvalue weighted by Crippen LogP contribution is -2.35. The summed E-state index contributed by atoms with van der Waals surface area (Å²) in [7, 11) is 2.08. The Morgan fingerprint density at radius 3 is 2.79 bits per heavy atom. The van der Waals surface area contributed by atoms with Crippen LogP contribution in [0, 0.1) is 0 Å². The first-order valence-electron chi connectivity index (χ1n) is 9.82. The Balaban J connectivity index is 1.53. The van der Waals surface area contributed by atoms with Gasteiger partial charge in [0.25, 0.3) is 0 Å². The van der Waals surface area contributed by atoms with E-state index in [1.54, 1.807) is 6.26 Å². The first-order chi connectivity index (χ1) is 13.7. The molecule has 2 aromatic heterocycles. The molecule has 5 nitrogen and oxygen atoms in total. The van der Waals surface area contributed by atoms with Gasteiger partial charge in [0.2, 0.25) is 0 Å². The van der Waals surface area contributed by atoms with Crippen molar-refractivity contribution in [1.82, 2.24) is 15.2 Å². The Hall–Kier alpha value is -2.60. The zero-order valence-corrected chi connectivity index (χ0v) is 15.9. The Kier molecular flexibility index (Phi) is 4.43. The molecule has 3 heterocycles. The van der Waals surface area contributed by atoms with E-state index >= 15 is 0 Å². The topological polar surface area (TPSA) is 64.4 Å². The van der Waals surface area contributed by atoms with Gasteiger partial charge in [-0.3, -0.25) is 4.90 Å². The molecule has 4 aromatic rings. The van der Waals surface area contributed by atoms with E-state index in [1.807, 2.05) is 18.3 Å². The van der Waals surface area contributed by atoms with Crippen LogP contribution in [0.25, 0.3) is 21.9 Å². The van der Waals surface area contributed by atoms with Crippen LogP contribution in [0.15, 0.2) is 65.4 Å². The number of likely N-dealkylation sites (N-methyl/N-ethyl adjacent to an activating group) is 1. The molecule has 1 fully saturated rings. The van der Waals surface area contributed by atoms with Gasteiger partial charge in [-0.1, -0.05) is 12.1 Å². The average Bonchev–Trinajstić information content (AvgIpc) is 3.44. The number of aliphatic hydroxyl groups is 1. The minimum absolute atomic E-state index is 0.0782. The van der Waals surface area contributed by atoms with Gasteiger partial charge in [-0.25, -0.2) is 0 Å². The predicted octanol–water partition coefficient (Wildman–Crippen LogP) is 3.66. The number of nitrogens with zero attached hydrogens (tertiary/aromatic N) is 1. The van der Waals surface area contributed by atoms with Crippen molar-refractivity contribution in [2.24, 2.45) is 0 Å². The molecule has 3 atom stereocenters. The van der Waals surface area contributed by atoms with E-state index in [0.29, 0.717) is 6.04 Å². The first-order valence-corrected chi connectivity index (χ1v) is 9.82. The zero-order chi connectivity index (χ0) is 19.1. The monoisotopic (exact) mass is 375 g/mol. The molecule has 1 aliphatic heterocycles. The lowest BCUT2D eigenvalue weighted by atomic mass is 9.95. The molecular weight excluding hydrogens is 350 g/mol. The first kappa shape index (κ1) is 17.5. The Labute approximate surface area is 164 Å². The molecule has 0 amide bonds. The number of nitrogens with one attached hydrogen (secondary N) is 2. The van der Waals surface area contributed by atoms with Gasteiger partial charge in [-0.2, -0.15) is 0 Å². The lowest BCUT2D eigenvalue weighted by molar-refractivity contribution is 0.182. The number of fused-ring (bicyclic) bond motifs is 2. The summed E-state index contributed by atoms with van der Waals surface area (Å²) in [6.07, 6.45) is 4.66. The predicted molar refractivity (Wildman–Crippen MR) is 111 cm³/mol. The van der Waals surface area contributed by atoms with Crippen LogP contribution in [-0.2, 0) is 0 Å². The highest BCUT2D eigenvalue weighted by Gasteiger charge is 2.31. The van der Waals surface area contributed by atoms with E-state index in [2.05, 4.69) is 58.6 Å². The van der Waals surface area contributed by atoms with Crippen LogP contribution < -0.4 is 5.32 Å². The number of aromatic nitrogens is 1. The largest absolute Gasteiger partial charge is 0.464 e. The van der Waals surface area contributed by atoms with Crippen LogP contribution in [0.3, 0.4) is 0 Å². The van der Waals surface area contributed by atoms with Gasteiger partial charge in [0.05, 0.1) is 18.9 Å². The fourth-order valence-electron chi connectivity index (χ4n) is 4.45. The van der Waals surface area contributed by atoms with Crippen molar-refractivity contribution in [3.05, 3.63) is 72.1 Å². The van der Waals surface area contributed by atoms with Crippen molar-refractivity contribution in [1.29, 1.82) is 0 Å². The van der Waals surface area contributed by atoms with Crippen molar-refractivity contribution in [2.75, 3.05) is 20.2 Å². The van der Waals surface area contributed by atoms with Crippen molar-refractivity contribution < 1.29 is 9.52 Å². The number of aromatic amines is 1. The second kappa shape index (κ2) is 7.09. The van der Waals surface area contributed by atoms with Crippen LogP contribution in [0.1, 0.15) is 23.6 Å². The Morgan fingerprint density at radius 1 is 1.14 bits per heavy atom. The van der Waals surface area contributed by atoms with E-state index in [9.17, 15) is 5.11 Å². The number of hydrogen-bond acceptors (Lipinski definition) is 4. The van der Waals surface area contributed by atoms with Crippen molar-refractivity contribution >= 4 is 21.9 Å². The van der Waals surface area contributed by atoms with Crippen LogP contribution in [-0.4, -0.2) is 47.3 Å². The summed E-state index contributed by atoms with van der Waals surface area (Å²) in [4.78, 5) is 5.51. The minimum atomic E-state index is 0.0782.